The maximum absolute atomic E-state index is 14.9. The molecule has 5 unspecified atom stereocenters. The number of alkyl halides is 2. The molecular weight excluding hydrogens is 747 g/mol. The number of benzene rings is 1. The van der Waals surface area contributed by atoms with Crippen molar-refractivity contribution in [2.75, 3.05) is 6.54 Å². The number of aryl methyl sites for hydroxylation is 1. The van der Waals surface area contributed by atoms with Gasteiger partial charge in [0.15, 0.2) is 11.4 Å². The van der Waals surface area contributed by atoms with Gasteiger partial charge >= 0.3 is 0 Å². The van der Waals surface area contributed by atoms with Crippen LogP contribution >= 0.6 is 0 Å². The van der Waals surface area contributed by atoms with E-state index >= 15 is 0 Å². The van der Waals surface area contributed by atoms with E-state index in [0.29, 0.717) is 51.2 Å². The zero-order valence-corrected chi connectivity index (χ0v) is 30.8. The van der Waals surface area contributed by atoms with Crippen LogP contribution in [0, 0.1) is 18.7 Å². The number of halogens is 3. The van der Waals surface area contributed by atoms with Crippen molar-refractivity contribution in [3.8, 4) is 5.88 Å². The predicted octanol–water partition coefficient (Wildman–Crippen LogP) is 3.33. The van der Waals surface area contributed by atoms with E-state index in [0.717, 1.165) is 17.0 Å². The Balaban J connectivity index is 1.22. The molecule has 2 aliphatic carbocycles. The van der Waals surface area contributed by atoms with E-state index in [4.69, 9.17) is 9.26 Å². The Bertz CT molecular complexity index is 2170. The minimum atomic E-state index is -3.98. The van der Waals surface area contributed by atoms with Crippen molar-refractivity contribution in [1.82, 2.24) is 35.4 Å². The van der Waals surface area contributed by atoms with Crippen LogP contribution in [0.25, 0.3) is 11.0 Å². The zero-order valence-electron chi connectivity index (χ0n) is 30.0. The Morgan fingerprint density at radius 1 is 1.09 bits per heavy atom. The average Bonchev–Trinajstić information content (AvgIpc) is 4.01. The summed E-state index contributed by atoms with van der Waals surface area (Å²) in [4.78, 5) is 65.0. The number of nitrogens with one attached hydrogen (secondary N) is 3. The molecule has 2 aromatic heterocycles. The Morgan fingerprint density at radius 2 is 1.87 bits per heavy atom. The molecule has 15 nitrogen and oxygen atoms in total. The van der Waals surface area contributed by atoms with Gasteiger partial charge in [-0.3, -0.25) is 23.9 Å². The number of aromatic nitrogens is 3. The Morgan fingerprint density at radius 3 is 2.58 bits per heavy atom. The van der Waals surface area contributed by atoms with E-state index in [1.165, 1.54) is 12.1 Å². The Labute approximate surface area is 313 Å². The summed E-state index contributed by atoms with van der Waals surface area (Å²) in [5.74, 6) is -8.20. The summed E-state index contributed by atoms with van der Waals surface area (Å²) in [6, 6.07) is 2.10. The Hall–Kier alpha value is -5.07. The van der Waals surface area contributed by atoms with Gasteiger partial charge in [0.05, 0.1) is 22.8 Å². The molecule has 7 rings (SSSR count). The highest BCUT2D eigenvalue weighted by atomic mass is 32.2. The third kappa shape index (κ3) is 8.16. The van der Waals surface area contributed by atoms with Gasteiger partial charge in [-0.2, -0.15) is 8.78 Å². The molecule has 1 aromatic carbocycles. The SMILES string of the molecule is Cc1cc(C(=O)NC2CCCCCC=CC3CC3(C(=O)NS(=O)(=O)C3CC3)NC(=O)C3CC(Oc4nc5cc(F)ccc5nc4C(C)(F)F)CN3C2=O)no1. The fourth-order valence-corrected chi connectivity index (χ4v) is 8.45. The van der Waals surface area contributed by atoms with Gasteiger partial charge in [-0.05, 0) is 57.6 Å². The second-order valence-electron chi connectivity index (χ2n) is 14.7. The maximum atomic E-state index is 14.9. The first-order chi connectivity index (χ1) is 26.0. The second kappa shape index (κ2) is 14.5. The first-order valence-corrected chi connectivity index (χ1v) is 19.7. The number of nitrogens with zero attached hydrogens (tertiary/aromatic N) is 4. The quantitative estimate of drug-likeness (QED) is 0.283. The molecular formula is C36H40F3N7O8S. The van der Waals surface area contributed by atoms with Crippen molar-refractivity contribution < 1.29 is 50.0 Å². The van der Waals surface area contributed by atoms with Crippen molar-refractivity contribution in [2.45, 2.75) is 107 Å². The minimum absolute atomic E-state index is 0.0138. The zero-order chi connectivity index (χ0) is 39.3. The molecule has 55 heavy (non-hydrogen) atoms. The lowest BCUT2D eigenvalue weighted by molar-refractivity contribution is -0.141. The number of hydrogen-bond donors (Lipinski definition) is 3. The van der Waals surface area contributed by atoms with E-state index in [9.17, 15) is 40.8 Å². The van der Waals surface area contributed by atoms with Gasteiger partial charge in [0, 0.05) is 31.4 Å². The molecule has 2 saturated carbocycles. The van der Waals surface area contributed by atoms with Crippen molar-refractivity contribution in [2.24, 2.45) is 5.92 Å². The van der Waals surface area contributed by atoms with Gasteiger partial charge in [0.25, 0.3) is 17.7 Å². The first kappa shape index (κ1) is 38.2. The van der Waals surface area contributed by atoms with E-state index in [1.807, 2.05) is 6.08 Å². The van der Waals surface area contributed by atoms with Crippen molar-refractivity contribution in [3.63, 3.8) is 0 Å². The minimum Gasteiger partial charge on any atom is -0.471 e. The van der Waals surface area contributed by atoms with E-state index in [2.05, 4.69) is 30.5 Å². The maximum Gasteiger partial charge on any atom is 0.292 e. The summed E-state index contributed by atoms with van der Waals surface area (Å²) in [5.41, 5.74) is -2.65. The smallest absolute Gasteiger partial charge is 0.292 e. The van der Waals surface area contributed by atoms with Crippen LogP contribution in [0.2, 0.25) is 0 Å². The molecule has 19 heteroatoms. The summed E-state index contributed by atoms with van der Waals surface area (Å²) >= 11 is 0. The van der Waals surface area contributed by atoms with Gasteiger partial charge in [0.2, 0.25) is 27.7 Å². The summed E-state index contributed by atoms with van der Waals surface area (Å²) in [5, 5.41) is 8.45. The summed E-state index contributed by atoms with van der Waals surface area (Å²) in [6.45, 7) is 1.84. The van der Waals surface area contributed by atoms with Crippen molar-refractivity contribution in [1.29, 1.82) is 0 Å². The van der Waals surface area contributed by atoms with Gasteiger partial charge in [-0.25, -0.2) is 22.8 Å². The third-order valence-corrected chi connectivity index (χ3v) is 12.1. The molecule has 2 aliphatic heterocycles. The molecule has 3 fully saturated rings. The van der Waals surface area contributed by atoms with Gasteiger partial charge in [0.1, 0.15) is 35.3 Å². The molecule has 1 saturated heterocycles. The van der Waals surface area contributed by atoms with Crippen LogP contribution < -0.4 is 20.1 Å². The second-order valence-corrected chi connectivity index (χ2v) is 16.7. The number of sulfonamides is 1. The number of ether oxygens (including phenoxy) is 1. The molecule has 3 N–H and O–H groups in total. The molecule has 4 heterocycles. The van der Waals surface area contributed by atoms with Crippen molar-refractivity contribution >= 4 is 44.7 Å². The molecule has 0 radical (unpaired) electrons. The van der Waals surface area contributed by atoms with Crippen LogP contribution in [0.3, 0.4) is 0 Å². The predicted molar refractivity (Wildman–Crippen MR) is 187 cm³/mol. The topological polar surface area (TPSA) is 203 Å². The van der Waals surface area contributed by atoms with E-state index in [-0.39, 0.29) is 42.5 Å². The van der Waals surface area contributed by atoms with E-state index in [1.54, 1.807) is 13.0 Å². The van der Waals surface area contributed by atoms with Gasteiger partial charge < -0.3 is 24.8 Å². The lowest BCUT2D eigenvalue weighted by atomic mass is 10.0. The standard InChI is InChI=1S/C36H40F3N7O8S/c1-19-14-27(44-54-19)30(47)41-25-9-7-5-3-4-6-8-20-17-36(20,34(50)45-55(51,52)23-11-12-23)43-31(48)28-16-22(18-46(28)33(25)49)53-32-29(35(2,38)39)40-24-13-10-21(37)15-26(24)42-32/h6,8,10,13-15,20,22-23,25,28H,3-5,7,9,11-12,16-18H2,1-2H3,(H,41,47)(H,43,48)(H,45,50). The summed E-state index contributed by atoms with van der Waals surface area (Å²) < 4.78 is 82.7. The highest BCUT2D eigenvalue weighted by molar-refractivity contribution is 7.91. The van der Waals surface area contributed by atoms with Crippen LogP contribution in [-0.4, -0.2) is 87.6 Å². The summed E-state index contributed by atoms with van der Waals surface area (Å²) in [7, 11) is -3.98. The lowest BCUT2D eigenvalue weighted by Crippen LogP contribution is -2.58. The fourth-order valence-electron chi connectivity index (χ4n) is 7.09. The van der Waals surface area contributed by atoms with Gasteiger partial charge in [-0.1, -0.05) is 30.2 Å². The lowest BCUT2D eigenvalue weighted by Gasteiger charge is -2.29. The fraction of sp³-hybridized carbons (Fsp3) is 0.528. The van der Waals surface area contributed by atoms with Crippen LogP contribution in [-0.2, 0) is 30.3 Å². The molecule has 3 aromatic rings. The van der Waals surface area contributed by atoms with E-state index < -0.39 is 91.9 Å². The van der Waals surface area contributed by atoms with Crippen LogP contribution in [0.1, 0.15) is 86.7 Å². The van der Waals surface area contributed by atoms with Gasteiger partial charge in [-0.15, -0.1) is 0 Å². The molecule has 4 amide bonds. The highest BCUT2D eigenvalue weighted by Gasteiger charge is 2.62. The molecule has 0 bridgehead atoms. The third-order valence-electron chi connectivity index (χ3n) is 10.3. The Kier molecular flexibility index (Phi) is 10.1. The number of rotatable bonds is 8. The molecule has 5 atom stereocenters. The number of amides is 4. The van der Waals surface area contributed by atoms with Crippen LogP contribution in [0.5, 0.6) is 5.88 Å². The van der Waals surface area contributed by atoms with Crippen LogP contribution in [0.15, 0.2) is 40.9 Å². The number of allylic oxidation sites excluding steroid dienone is 1. The molecule has 294 valence electrons. The number of carbonyl (C=O) groups is 4. The number of fused-ring (bicyclic) bond motifs is 3. The molecule has 0 spiro atoms. The van der Waals surface area contributed by atoms with Crippen molar-refractivity contribution in [3.05, 3.63) is 59.4 Å². The normalized spacial score (nSPS) is 26.3. The average molecular weight is 788 g/mol. The number of hydrogen-bond acceptors (Lipinski definition) is 11. The largest absolute Gasteiger partial charge is 0.471 e. The monoisotopic (exact) mass is 787 g/mol. The number of carbonyl (C=O) groups excluding carboxylic acids is 4. The first-order valence-electron chi connectivity index (χ1n) is 18.2. The van der Waals surface area contributed by atoms with Crippen LogP contribution in [0.4, 0.5) is 13.2 Å². The molecule has 4 aliphatic rings. The summed E-state index contributed by atoms with van der Waals surface area (Å²) in [6.07, 6.45) is 5.74. The highest BCUT2D eigenvalue weighted by Crippen LogP contribution is 2.46.